The molecule has 0 rings (SSSR count). The van der Waals surface area contributed by atoms with Crippen LogP contribution in [0.3, 0.4) is 0 Å². The smallest absolute Gasteiger partial charge is 0.323 e. The van der Waals surface area contributed by atoms with Crippen LogP contribution in [0.2, 0.25) is 0 Å². The zero-order valence-electron chi connectivity index (χ0n) is 25.3. The molecule has 0 aromatic carbocycles. The Hall–Kier alpha value is -1.23. The second kappa shape index (κ2) is 16.7. The standard InChI is InChI=1S/C22H42O7S.C5H14NO/c1-16(14-21(3,4)5)9-11-28-19(23)13-18(30(25,26)27)20(24)29-12-10-17(2)15-22(6,7)8;1-6(2,3)4-5-7/h16-18H,9-15H2,1-8H3,(H,25,26,27);7H,4-5H2,1-3H3/q;+1/p-1. The SMILES string of the molecule is CC(CCOC(=O)CC(C(=O)OCCC(C)CC(C)(C)C)S(=O)(=O)[O-])CC(C)(C)C.C[N+](C)(C)CCO. The van der Waals surface area contributed by atoms with Gasteiger partial charge in [-0.25, -0.2) is 8.42 Å². The quantitative estimate of drug-likeness (QED) is 0.194. The van der Waals surface area contributed by atoms with Gasteiger partial charge >= 0.3 is 11.9 Å². The Balaban J connectivity index is 0. The van der Waals surface area contributed by atoms with Crippen molar-refractivity contribution in [2.45, 2.75) is 92.7 Å². The van der Waals surface area contributed by atoms with Gasteiger partial charge in [-0.2, -0.15) is 0 Å². The topological polar surface area (TPSA) is 130 Å². The number of carbonyl (C=O) groups is 2. The number of aliphatic hydroxyl groups is 1. The molecule has 3 unspecified atom stereocenters. The first-order valence-electron chi connectivity index (χ1n) is 13.1. The van der Waals surface area contributed by atoms with Crippen LogP contribution in [0.5, 0.6) is 0 Å². The molecule has 0 aliphatic heterocycles. The van der Waals surface area contributed by atoms with Crippen molar-refractivity contribution < 1.29 is 41.6 Å². The van der Waals surface area contributed by atoms with E-state index in [1.54, 1.807) is 0 Å². The van der Waals surface area contributed by atoms with Crippen LogP contribution < -0.4 is 0 Å². The maximum atomic E-state index is 12.1. The highest BCUT2D eigenvalue weighted by Crippen LogP contribution is 2.27. The van der Waals surface area contributed by atoms with Gasteiger partial charge in [0.2, 0.25) is 0 Å². The number of nitrogens with zero attached hydrogens (tertiary/aromatic N) is 1. The van der Waals surface area contributed by atoms with E-state index in [1.165, 1.54) is 0 Å². The molecule has 0 saturated carbocycles. The molecule has 222 valence electrons. The second-order valence-electron chi connectivity index (χ2n) is 13.6. The van der Waals surface area contributed by atoms with Crippen molar-refractivity contribution in [3.63, 3.8) is 0 Å². The number of aliphatic hydroxyl groups excluding tert-OH is 1. The van der Waals surface area contributed by atoms with Gasteiger partial charge in [-0.05, 0) is 48.3 Å². The molecular weight excluding hydrogens is 498 g/mol. The van der Waals surface area contributed by atoms with E-state index in [4.69, 9.17) is 14.6 Å². The highest BCUT2D eigenvalue weighted by atomic mass is 32.2. The van der Waals surface area contributed by atoms with Crippen molar-refractivity contribution in [2.24, 2.45) is 22.7 Å². The summed E-state index contributed by atoms with van der Waals surface area (Å²) in [7, 11) is 1.13. The number of ether oxygens (including phenoxy) is 2. The summed E-state index contributed by atoms with van der Waals surface area (Å²) in [4.78, 5) is 24.1. The fourth-order valence-electron chi connectivity index (χ4n) is 3.94. The van der Waals surface area contributed by atoms with Crippen molar-refractivity contribution >= 4 is 22.1 Å². The van der Waals surface area contributed by atoms with Crippen molar-refractivity contribution in [2.75, 3.05) is 47.5 Å². The van der Waals surface area contributed by atoms with Gasteiger partial charge in [-0.1, -0.05) is 55.4 Å². The Morgan fingerprint density at radius 2 is 1.27 bits per heavy atom. The lowest BCUT2D eigenvalue weighted by molar-refractivity contribution is -0.870. The summed E-state index contributed by atoms with van der Waals surface area (Å²) in [5.74, 6) is -1.50. The fraction of sp³-hybridized carbons (Fsp3) is 0.926. The number of quaternary nitrogens is 1. The van der Waals surface area contributed by atoms with E-state index >= 15 is 0 Å². The van der Waals surface area contributed by atoms with E-state index in [0.717, 1.165) is 23.9 Å². The summed E-state index contributed by atoms with van der Waals surface area (Å²) < 4.78 is 45.3. The van der Waals surface area contributed by atoms with Gasteiger partial charge in [0.05, 0.1) is 47.4 Å². The minimum absolute atomic E-state index is 0.00145. The Kier molecular flexibility index (Phi) is 17.1. The Labute approximate surface area is 226 Å². The first kappa shape index (κ1) is 37.9. The molecular formula is C27H55NO8S. The predicted molar refractivity (Wildman–Crippen MR) is 146 cm³/mol. The largest absolute Gasteiger partial charge is 0.747 e. The van der Waals surface area contributed by atoms with Crippen LogP contribution in [0.25, 0.3) is 0 Å². The summed E-state index contributed by atoms with van der Waals surface area (Å²) in [6.45, 7) is 18.0. The molecule has 1 N–H and O–H groups in total. The summed E-state index contributed by atoms with van der Waals surface area (Å²) in [6.07, 6.45) is 2.20. The van der Waals surface area contributed by atoms with Crippen LogP contribution in [0.1, 0.15) is 87.5 Å². The first-order valence-corrected chi connectivity index (χ1v) is 14.6. The zero-order chi connectivity index (χ0) is 29.7. The highest BCUT2D eigenvalue weighted by molar-refractivity contribution is 7.87. The van der Waals surface area contributed by atoms with E-state index in [1.807, 2.05) is 13.8 Å². The molecule has 10 heteroatoms. The molecule has 0 heterocycles. The van der Waals surface area contributed by atoms with Gasteiger partial charge in [0.15, 0.2) is 5.25 Å². The first-order chi connectivity index (χ1) is 16.5. The van der Waals surface area contributed by atoms with Crippen LogP contribution >= 0.6 is 0 Å². The van der Waals surface area contributed by atoms with E-state index in [2.05, 4.69) is 62.7 Å². The number of likely N-dealkylation sites (N-methyl/N-ethyl adjacent to an activating group) is 1. The third-order valence-corrected chi connectivity index (χ3v) is 6.44. The number of carbonyl (C=O) groups excluding carboxylic acids is 2. The van der Waals surface area contributed by atoms with E-state index in [0.29, 0.717) is 18.8 Å². The molecule has 0 bridgehead atoms. The van der Waals surface area contributed by atoms with Crippen LogP contribution in [-0.2, 0) is 29.2 Å². The van der Waals surface area contributed by atoms with Gasteiger partial charge in [-0.15, -0.1) is 0 Å². The molecule has 0 fully saturated rings. The minimum atomic E-state index is -5.03. The maximum absolute atomic E-state index is 12.1. The van der Waals surface area contributed by atoms with Gasteiger partial charge in [-0.3, -0.25) is 9.59 Å². The molecule has 0 amide bonds. The molecule has 0 spiro atoms. The molecule has 0 saturated heterocycles. The normalized spacial score (nSPS) is 15.2. The zero-order valence-corrected chi connectivity index (χ0v) is 26.1. The average Bonchev–Trinajstić information content (AvgIpc) is 2.61. The lowest BCUT2D eigenvalue weighted by Gasteiger charge is -2.24. The van der Waals surface area contributed by atoms with Crippen LogP contribution in [0.15, 0.2) is 0 Å². The van der Waals surface area contributed by atoms with Gasteiger partial charge < -0.3 is 23.6 Å². The number of hydrogen-bond acceptors (Lipinski definition) is 8. The monoisotopic (exact) mass is 553 g/mol. The molecule has 0 aliphatic carbocycles. The van der Waals surface area contributed by atoms with E-state index in [-0.39, 0.29) is 36.6 Å². The van der Waals surface area contributed by atoms with Crippen molar-refractivity contribution in [1.82, 2.24) is 0 Å². The average molecular weight is 554 g/mol. The molecule has 3 atom stereocenters. The highest BCUT2D eigenvalue weighted by Gasteiger charge is 2.31. The summed E-state index contributed by atoms with van der Waals surface area (Å²) in [5, 5.41) is 6.31. The molecule has 0 radical (unpaired) electrons. The lowest BCUT2D eigenvalue weighted by Crippen LogP contribution is -2.36. The maximum Gasteiger partial charge on any atom is 0.323 e. The van der Waals surface area contributed by atoms with Crippen LogP contribution in [0.4, 0.5) is 0 Å². The van der Waals surface area contributed by atoms with E-state index < -0.39 is 33.7 Å². The Morgan fingerprint density at radius 3 is 1.57 bits per heavy atom. The number of esters is 2. The third-order valence-electron chi connectivity index (χ3n) is 5.38. The third kappa shape index (κ3) is 24.8. The molecule has 9 nitrogen and oxygen atoms in total. The summed E-state index contributed by atoms with van der Waals surface area (Å²) in [5.41, 5.74) is 0.276. The van der Waals surface area contributed by atoms with Gasteiger partial charge in [0, 0.05) is 0 Å². The molecule has 0 aromatic rings. The Bertz CT molecular complexity index is 761. The molecule has 0 aliphatic rings. The molecule has 0 aromatic heterocycles. The van der Waals surface area contributed by atoms with Crippen LogP contribution in [0, 0.1) is 22.7 Å². The van der Waals surface area contributed by atoms with Crippen molar-refractivity contribution in [3.05, 3.63) is 0 Å². The predicted octanol–water partition coefficient (Wildman–Crippen LogP) is 3.99. The minimum Gasteiger partial charge on any atom is -0.747 e. The lowest BCUT2D eigenvalue weighted by atomic mass is 9.84. The van der Waals surface area contributed by atoms with Crippen LogP contribution in [-0.4, -0.2) is 87.3 Å². The number of rotatable bonds is 14. The summed E-state index contributed by atoms with van der Waals surface area (Å²) in [6, 6.07) is 0. The second-order valence-corrected chi connectivity index (χ2v) is 15.2. The van der Waals surface area contributed by atoms with Crippen molar-refractivity contribution in [3.8, 4) is 0 Å². The fourth-order valence-corrected chi connectivity index (χ4v) is 4.58. The van der Waals surface area contributed by atoms with Gasteiger partial charge in [0.25, 0.3) is 0 Å². The van der Waals surface area contributed by atoms with E-state index in [9.17, 15) is 22.6 Å². The van der Waals surface area contributed by atoms with Crippen molar-refractivity contribution in [1.29, 1.82) is 0 Å². The molecule has 37 heavy (non-hydrogen) atoms. The Morgan fingerprint density at radius 1 is 0.865 bits per heavy atom. The van der Waals surface area contributed by atoms with Gasteiger partial charge in [0.1, 0.15) is 16.7 Å². The summed E-state index contributed by atoms with van der Waals surface area (Å²) >= 11 is 0. The number of hydrogen-bond donors (Lipinski definition) is 1.